The van der Waals surface area contributed by atoms with Gasteiger partial charge in [-0.2, -0.15) is 0 Å². The maximum absolute atomic E-state index is 5.62. The molecule has 1 radical (unpaired) electrons. The SMILES string of the molecule is NCc1cccc(N2CC[CH]CC2)c1. The highest BCUT2D eigenvalue weighted by molar-refractivity contribution is 5.49. The minimum Gasteiger partial charge on any atom is -0.372 e. The van der Waals surface area contributed by atoms with E-state index in [0.29, 0.717) is 6.54 Å². The fourth-order valence-electron chi connectivity index (χ4n) is 1.89. The third-order valence-corrected chi connectivity index (χ3v) is 2.72. The van der Waals surface area contributed by atoms with Crippen molar-refractivity contribution in [3.8, 4) is 0 Å². The highest BCUT2D eigenvalue weighted by Crippen LogP contribution is 2.20. The van der Waals surface area contributed by atoms with Crippen molar-refractivity contribution in [1.29, 1.82) is 0 Å². The van der Waals surface area contributed by atoms with Gasteiger partial charge in [-0.25, -0.2) is 0 Å². The lowest BCUT2D eigenvalue weighted by Crippen LogP contribution is -2.29. The number of piperidine rings is 1. The molecular formula is C12H17N2. The van der Waals surface area contributed by atoms with E-state index in [1.165, 1.54) is 24.1 Å². The van der Waals surface area contributed by atoms with Crippen molar-refractivity contribution in [2.75, 3.05) is 18.0 Å². The summed E-state index contributed by atoms with van der Waals surface area (Å²) in [6.07, 6.45) is 4.77. The second-order valence-corrected chi connectivity index (χ2v) is 3.73. The summed E-state index contributed by atoms with van der Waals surface area (Å²) in [5.41, 5.74) is 8.16. The molecule has 1 aromatic carbocycles. The molecule has 75 valence electrons. The molecule has 0 spiro atoms. The van der Waals surface area contributed by atoms with E-state index in [2.05, 4.69) is 35.6 Å². The van der Waals surface area contributed by atoms with E-state index >= 15 is 0 Å². The van der Waals surface area contributed by atoms with Gasteiger partial charge in [-0.1, -0.05) is 12.1 Å². The van der Waals surface area contributed by atoms with Crippen LogP contribution in [-0.2, 0) is 6.54 Å². The molecule has 1 aromatic rings. The largest absolute Gasteiger partial charge is 0.372 e. The summed E-state index contributed by atoms with van der Waals surface area (Å²) in [6.45, 7) is 2.93. The first-order chi connectivity index (χ1) is 6.90. The summed E-state index contributed by atoms with van der Waals surface area (Å²) in [7, 11) is 0. The minimum atomic E-state index is 0.633. The van der Waals surface area contributed by atoms with Gasteiger partial charge in [0.25, 0.3) is 0 Å². The molecule has 0 aromatic heterocycles. The predicted molar refractivity (Wildman–Crippen MR) is 60.1 cm³/mol. The van der Waals surface area contributed by atoms with Gasteiger partial charge < -0.3 is 10.6 Å². The third-order valence-electron chi connectivity index (χ3n) is 2.72. The Morgan fingerprint density at radius 2 is 2.00 bits per heavy atom. The summed E-state index contributed by atoms with van der Waals surface area (Å²) in [5, 5.41) is 0. The van der Waals surface area contributed by atoms with Gasteiger partial charge in [0.15, 0.2) is 0 Å². The molecule has 2 N–H and O–H groups in total. The average molecular weight is 189 g/mol. The fraction of sp³-hybridized carbons (Fsp3) is 0.417. The molecule has 1 saturated heterocycles. The zero-order valence-corrected chi connectivity index (χ0v) is 8.45. The van der Waals surface area contributed by atoms with Crippen molar-refractivity contribution < 1.29 is 0 Å². The van der Waals surface area contributed by atoms with Crippen LogP contribution in [0.1, 0.15) is 18.4 Å². The van der Waals surface area contributed by atoms with Crippen LogP contribution in [0.2, 0.25) is 0 Å². The molecule has 1 heterocycles. The maximum atomic E-state index is 5.62. The van der Waals surface area contributed by atoms with E-state index in [-0.39, 0.29) is 0 Å². The molecule has 14 heavy (non-hydrogen) atoms. The Morgan fingerprint density at radius 3 is 2.71 bits per heavy atom. The monoisotopic (exact) mass is 189 g/mol. The van der Waals surface area contributed by atoms with E-state index in [1.807, 2.05) is 0 Å². The molecule has 1 aliphatic rings. The molecule has 0 amide bonds. The van der Waals surface area contributed by atoms with E-state index in [9.17, 15) is 0 Å². The summed E-state index contributed by atoms with van der Waals surface area (Å²) < 4.78 is 0. The highest BCUT2D eigenvalue weighted by atomic mass is 15.1. The molecule has 0 saturated carbocycles. The molecule has 2 rings (SSSR count). The van der Waals surface area contributed by atoms with Gasteiger partial charge >= 0.3 is 0 Å². The van der Waals surface area contributed by atoms with Crippen molar-refractivity contribution in [2.45, 2.75) is 19.4 Å². The molecule has 0 unspecified atom stereocenters. The number of hydrogen-bond donors (Lipinski definition) is 1. The molecule has 2 heteroatoms. The maximum Gasteiger partial charge on any atom is 0.0369 e. The van der Waals surface area contributed by atoms with E-state index in [4.69, 9.17) is 5.73 Å². The second kappa shape index (κ2) is 4.47. The first-order valence-corrected chi connectivity index (χ1v) is 5.26. The molecule has 0 atom stereocenters. The second-order valence-electron chi connectivity index (χ2n) is 3.73. The van der Waals surface area contributed by atoms with Gasteiger partial charge in [-0.3, -0.25) is 0 Å². The molecule has 2 nitrogen and oxygen atoms in total. The van der Waals surface area contributed by atoms with Gasteiger partial charge in [0.05, 0.1) is 0 Å². The third kappa shape index (κ3) is 2.07. The fourth-order valence-corrected chi connectivity index (χ4v) is 1.89. The van der Waals surface area contributed by atoms with Crippen LogP contribution in [0.4, 0.5) is 5.69 Å². The normalized spacial score (nSPS) is 17.1. The lowest BCUT2D eigenvalue weighted by molar-refractivity contribution is 0.678. The molecule has 0 bridgehead atoms. The van der Waals surface area contributed by atoms with Crippen molar-refractivity contribution in [3.63, 3.8) is 0 Å². The standard InChI is InChI=1S/C12H17N2/c13-10-11-5-4-6-12(9-11)14-7-2-1-3-8-14/h1,4-6,9H,2-3,7-8,10,13H2. The van der Waals surface area contributed by atoms with Gasteiger partial charge in [0.1, 0.15) is 0 Å². The van der Waals surface area contributed by atoms with E-state index in [0.717, 1.165) is 13.1 Å². The van der Waals surface area contributed by atoms with Gasteiger partial charge in [0, 0.05) is 25.3 Å². The summed E-state index contributed by atoms with van der Waals surface area (Å²) in [6, 6.07) is 8.55. The van der Waals surface area contributed by atoms with Crippen LogP contribution in [0.15, 0.2) is 24.3 Å². The highest BCUT2D eigenvalue weighted by Gasteiger charge is 2.10. The first-order valence-electron chi connectivity index (χ1n) is 5.26. The number of nitrogens with two attached hydrogens (primary N) is 1. The molecule has 1 aliphatic heterocycles. The lowest BCUT2D eigenvalue weighted by atomic mass is 10.1. The quantitative estimate of drug-likeness (QED) is 0.770. The van der Waals surface area contributed by atoms with E-state index < -0.39 is 0 Å². The van der Waals surface area contributed by atoms with Crippen LogP contribution < -0.4 is 10.6 Å². The van der Waals surface area contributed by atoms with E-state index in [1.54, 1.807) is 0 Å². The number of rotatable bonds is 2. The van der Waals surface area contributed by atoms with Gasteiger partial charge in [-0.05, 0) is 37.0 Å². The molecule has 1 fully saturated rings. The number of anilines is 1. The Labute approximate surface area is 85.7 Å². The Kier molecular flexibility index (Phi) is 3.04. The van der Waals surface area contributed by atoms with Crippen LogP contribution in [0.5, 0.6) is 0 Å². The minimum absolute atomic E-state index is 0.633. The Morgan fingerprint density at radius 1 is 1.21 bits per heavy atom. The van der Waals surface area contributed by atoms with Crippen molar-refractivity contribution in [2.24, 2.45) is 5.73 Å². The number of hydrogen-bond acceptors (Lipinski definition) is 2. The van der Waals surface area contributed by atoms with Gasteiger partial charge in [0.2, 0.25) is 0 Å². The number of nitrogens with zero attached hydrogens (tertiary/aromatic N) is 1. The Hall–Kier alpha value is -1.02. The zero-order chi connectivity index (χ0) is 9.80. The zero-order valence-electron chi connectivity index (χ0n) is 8.45. The molecular weight excluding hydrogens is 172 g/mol. The predicted octanol–water partition coefficient (Wildman–Crippen LogP) is 1.95. The Balaban J connectivity index is 2.13. The first kappa shape index (κ1) is 9.53. The van der Waals surface area contributed by atoms with Crippen LogP contribution in [-0.4, -0.2) is 13.1 Å². The molecule has 0 aliphatic carbocycles. The average Bonchev–Trinajstić information content (AvgIpc) is 2.30. The summed E-state index contributed by atoms with van der Waals surface area (Å²) in [4.78, 5) is 2.43. The van der Waals surface area contributed by atoms with Gasteiger partial charge in [-0.15, -0.1) is 0 Å². The van der Waals surface area contributed by atoms with Crippen LogP contribution in [0.3, 0.4) is 0 Å². The summed E-state index contributed by atoms with van der Waals surface area (Å²) in [5.74, 6) is 0. The van der Waals surface area contributed by atoms with Crippen LogP contribution >= 0.6 is 0 Å². The van der Waals surface area contributed by atoms with Crippen molar-refractivity contribution >= 4 is 5.69 Å². The Bertz CT molecular complexity index is 290. The number of benzene rings is 1. The van der Waals surface area contributed by atoms with Crippen molar-refractivity contribution in [1.82, 2.24) is 0 Å². The topological polar surface area (TPSA) is 29.3 Å². The smallest absolute Gasteiger partial charge is 0.0369 e. The van der Waals surface area contributed by atoms with Crippen LogP contribution in [0.25, 0.3) is 0 Å². The lowest BCUT2D eigenvalue weighted by Gasteiger charge is -2.28. The summed E-state index contributed by atoms with van der Waals surface area (Å²) >= 11 is 0. The van der Waals surface area contributed by atoms with Crippen molar-refractivity contribution in [3.05, 3.63) is 36.2 Å². The van der Waals surface area contributed by atoms with Crippen LogP contribution in [0, 0.1) is 6.42 Å².